The normalized spacial score (nSPS) is 35.7. The van der Waals surface area contributed by atoms with Crippen LogP contribution in [0.4, 0.5) is 0 Å². The number of rotatable bonds is 2. The monoisotopic (exact) mass is 292 g/mol. The van der Waals surface area contributed by atoms with Gasteiger partial charge >= 0.3 is 0 Å². The molecule has 2 saturated carbocycles. The third-order valence-corrected chi connectivity index (χ3v) is 6.75. The Hall–Kier alpha value is -0.120. The summed E-state index contributed by atoms with van der Waals surface area (Å²) >= 11 is 0. The fraction of sp³-hybridized carbons (Fsp3) is 1.00. The maximum Gasteiger partial charge on any atom is 0.0703 e. The van der Waals surface area contributed by atoms with E-state index in [-0.39, 0.29) is 0 Å². The average molecular weight is 292 g/mol. The summed E-state index contributed by atoms with van der Waals surface area (Å²) in [7, 11) is 0. The van der Waals surface area contributed by atoms with Crippen LogP contribution in [0.1, 0.15) is 70.6 Å². The molecule has 3 heteroatoms. The summed E-state index contributed by atoms with van der Waals surface area (Å²) in [6.07, 6.45) is 15.8. The number of nitrogens with one attached hydrogen (secondary N) is 1. The van der Waals surface area contributed by atoms with Gasteiger partial charge in [0, 0.05) is 37.3 Å². The zero-order valence-corrected chi connectivity index (χ0v) is 13.5. The number of hydrogen-bond acceptors (Lipinski definition) is 3. The van der Waals surface area contributed by atoms with Crippen LogP contribution in [0.5, 0.6) is 0 Å². The summed E-state index contributed by atoms with van der Waals surface area (Å²) < 4.78 is 5.97. The van der Waals surface area contributed by atoms with Crippen molar-refractivity contribution >= 4 is 0 Å². The molecule has 2 heterocycles. The topological polar surface area (TPSA) is 24.5 Å². The van der Waals surface area contributed by atoms with Crippen molar-refractivity contribution in [1.29, 1.82) is 0 Å². The first kappa shape index (κ1) is 14.5. The van der Waals surface area contributed by atoms with Crippen molar-refractivity contribution in [3.8, 4) is 0 Å². The van der Waals surface area contributed by atoms with E-state index in [9.17, 15) is 0 Å². The van der Waals surface area contributed by atoms with E-state index in [4.69, 9.17) is 4.74 Å². The van der Waals surface area contributed by atoms with E-state index in [1.807, 2.05) is 0 Å². The van der Waals surface area contributed by atoms with E-state index in [2.05, 4.69) is 10.2 Å². The van der Waals surface area contributed by atoms with Gasteiger partial charge in [-0.05, 0) is 38.5 Å². The first-order valence-electron chi connectivity index (χ1n) is 9.42. The van der Waals surface area contributed by atoms with Crippen molar-refractivity contribution in [2.75, 3.05) is 26.2 Å². The van der Waals surface area contributed by atoms with Crippen LogP contribution in [0.3, 0.4) is 0 Å². The van der Waals surface area contributed by atoms with E-state index in [1.54, 1.807) is 0 Å². The second-order valence-electron chi connectivity index (χ2n) is 8.14. The zero-order chi connectivity index (χ0) is 14.2. The lowest BCUT2D eigenvalue weighted by Crippen LogP contribution is -2.70. The predicted molar refractivity (Wildman–Crippen MR) is 85.6 cm³/mol. The van der Waals surface area contributed by atoms with E-state index in [0.717, 1.165) is 6.61 Å². The van der Waals surface area contributed by atoms with Gasteiger partial charge in [0.1, 0.15) is 0 Å². The molecule has 0 amide bonds. The van der Waals surface area contributed by atoms with Gasteiger partial charge in [-0.1, -0.05) is 32.1 Å². The molecule has 21 heavy (non-hydrogen) atoms. The van der Waals surface area contributed by atoms with Crippen LogP contribution in [-0.2, 0) is 4.74 Å². The van der Waals surface area contributed by atoms with Gasteiger partial charge in [-0.2, -0.15) is 0 Å². The molecule has 4 fully saturated rings. The molecule has 1 N–H and O–H groups in total. The summed E-state index contributed by atoms with van der Waals surface area (Å²) in [5, 5.41) is 4.04. The molecule has 1 atom stereocenters. The quantitative estimate of drug-likeness (QED) is 0.846. The Morgan fingerprint density at radius 1 is 0.952 bits per heavy atom. The lowest BCUT2D eigenvalue weighted by atomic mass is 9.76. The summed E-state index contributed by atoms with van der Waals surface area (Å²) in [5.41, 5.74) is 0.902. The van der Waals surface area contributed by atoms with Gasteiger partial charge in [-0.3, -0.25) is 4.90 Å². The predicted octanol–water partition coefficient (Wildman–Crippen LogP) is 3.09. The molecule has 120 valence electrons. The van der Waals surface area contributed by atoms with Crippen molar-refractivity contribution in [2.24, 2.45) is 0 Å². The van der Waals surface area contributed by atoms with Gasteiger partial charge in [-0.25, -0.2) is 0 Å². The smallest absolute Gasteiger partial charge is 0.0703 e. The molecule has 2 saturated heterocycles. The molecule has 0 aromatic heterocycles. The van der Waals surface area contributed by atoms with E-state index >= 15 is 0 Å². The minimum absolute atomic E-state index is 0.435. The van der Waals surface area contributed by atoms with Crippen LogP contribution in [-0.4, -0.2) is 48.3 Å². The largest absolute Gasteiger partial charge is 0.377 e. The Bertz CT molecular complexity index is 352. The van der Waals surface area contributed by atoms with Gasteiger partial charge in [0.2, 0.25) is 0 Å². The molecular weight excluding hydrogens is 260 g/mol. The van der Waals surface area contributed by atoms with Crippen LogP contribution in [0, 0.1) is 0 Å². The molecule has 4 rings (SSSR count). The molecule has 4 aliphatic rings. The van der Waals surface area contributed by atoms with Gasteiger partial charge in [0.05, 0.1) is 6.10 Å². The molecule has 0 aromatic rings. The van der Waals surface area contributed by atoms with Crippen LogP contribution in [0.25, 0.3) is 0 Å². The van der Waals surface area contributed by atoms with Gasteiger partial charge < -0.3 is 10.1 Å². The number of hydrogen-bond donors (Lipinski definition) is 1. The zero-order valence-electron chi connectivity index (χ0n) is 13.5. The number of ether oxygens (including phenoxy) is 1. The summed E-state index contributed by atoms with van der Waals surface area (Å²) in [4.78, 5) is 2.89. The fourth-order valence-corrected chi connectivity index (χ4v) is 5.43. The van der Waals surface area contributed by atoms with Crippen molar-refractivity contribution in [2.45, 2.75) is 87.8 Å². The summed E-state index contributed by atoms with van der Waals surface area (Å²) in [6, 6.07) is 0. The Morgan fingerprint density at radius 3 is 2.43 bits per heavy atom. The minimum atomic E-state index is 0.435. The fourth-order valence-electron chi connectivity index (χ4n) is 5.43. The van der Waals surface area contributed by atoms with Gasteiger partial charge in [0.15, 0.2) is 0 Å². The maximum atomic E-state index is 5.97. The lowest BCUT2D eigenvalue weighted by Gasteiger charge is -2.55. The second-order valence-corrected chi connectivity index (χ2v) is 8.14. The summed E-state index contributed by atoms with van der Waals surface area (Å²) in [6.45, 7) is 4.71. The van der Waals surface area contributed by atoms with E-state index in [0.29, 0.717) is 17.2 Å². The standard InChI is InChI=1S/C18H32N2O/c1-2-8-17(9-3-1)15-20(13-16-7-6-12-21-16)18(14-19-17)10-4-5-11-18/h16,19H,1-15H2. The second kappa shape index (κ2) is 5.82. The highest BCUT2D eigenvalue weighted by molar-refractivity contribution is 5.08. The third kappa shape index (κ3) is 2.77. The van der Waals surface area contributed by atoms with Gasteiger partial charge in [-0.15, -0.1) is 0 Å². The lowest BCUT2D eigenvalue weighted by molar-refractivity contribution is -0.0363. The molecule has 1 unspecified atom stereocenters. The van der Waals surface area contributed by atoms with Crippen LogP contribution in [0.15, 0.2) is 0 Å². The molecule has 0 aromatic carbocycles. The maximum absolute atomic E-state index is 5.97. The highest BCUT2D eigenvalue weighted by Crippen LogP contribution is 2.42. The highest BCUT2D eigenvalue weighted by Gasteiger charge is 2.49. The van der Waals surface area contributed by atoms with Crippen molar-refractivity contribution in [1.82, 2.24) is 10.2 Å². The Balaban J connectivity index is 1.50. The van der Waals surface area contributed by atoms with Crippen LogP contribution >= 0.6 is 0 Å². The molecule has 0 bridgehead atoms. The van der Waals surface area contributed by atoms with Crippen LogP contribution < -0.4 is 5.32 Å². The number of piperazine rings is 1. The first-order chi connectivity index (χ1) is 10.3. The number of nitrogens with zero attached hydrogens (tertiary/aromatic N) is 1. The minimum Gasteiger partial charge on any atom is -0.377 e. The van der Waals surface area contributed by atoms with Crippen molar-refractivity contribution < 1.29 is 4.74 Å². The van der Waals surface area contributed by atoms with Crippen LogP contribution in [0.2, 0.25) is 0 Å². The molecule has 2 aliphatic carbocycles. The van der Waals surface area contributed by atoms with Crippen molar-refractivity contribution in [3.05, 3.63) is 0 Å². The Kier molecular flexibility index (Phi) is 4.01. The molecule has 2 spiro atoms. The highest BCUT2D eigenvalue weighted by atomic mass is 16.5. The van der Waals surface area contributed by atoms with Gasteiger partial charge in [0.25, 0.3) is 0 Å². The SMILES string of the molecule is C1CCC2(CC1)CN(CC1CCCO1)C1(CCCC1)CN2. The first-order valence-corrected chi connectivity index (χ1v) is 9.42. The Labute approximate surface area is 129 Å². The van der Waals surface area contributed by atoms with E-state index < -0.39 is 0 Å². The van der Waals surface area contributed by atoms with E-state index in [1.165, 1.54) is 90.3 Å². The third-order valence-electron chi connectivity index (χ3n) is 6.75. The van der Waals surface area contributed by atoms with Crippen molar-refractivity contribution in [3.63, 3.8) is 0 Å². The molecule has 0 radical (unpaired) electrons. The molecule has 2 aliphatic heterocycles. The molecular formula is C18H32N2O. The summed E-state index contributed by atoms with van der Waals surface area (Å²) in [5.74, 6) is 0. The Morgan fingerprint density at radius 2 is 1.71 bits per heavy atom. The molecule has 3 nitrogen and oxygen atoms in total. The average Bonchev–Trinajstić information content (AvgIpc) is 3.17.